The Kier molecular flexibility index (Phi) is 8.48. The second-order valence-corrected chi connectivity index (χ2v) is 6.68. The lowest BCUT2D eigenvalue weighted by Gasteiger charge is -2.22. The van der Waals surface area contributed by atoms with Crippen molar-refractivity contribution in [2.24, 2.45) is 0 Å². The van der Waals surface area contributed by atoms with E-state index in [2.05, 4.69) is 26.6 Å². The smallest absolute Gasteiger partial charge is 0.221 e. The third-order valence-electron chi connectivity index (χ3n) is 3.14. The van der Waals surface area contributed by atoms with Crippen LogP contribution in [0.1, 0.15) is 12.0 Å². The van der Waals surface area contributed by atoms with Crippen LogP contribution in [0.3, 0.4) is 0 Å². The van der Waals surface area contributed by atoms with Gasteiger partial charge in [0.1, 0.15) is 5.75 Å². The van der Waals surface area contributed by atoms with Crippen molar-refractivity contribution in [2.45, 2.75) is 19.0 Å². The van der Waals surface area contributed by atoms with Gasteiger partial charge >= 0.3 is 0 Å². The van der Waals surface area contributed by atoms with Crippen molar-refractivity contribution >= 4 is 46.0 Å². The first-order valence-electron chi connectivity index (χ1n) is 6.59. The lowest BCUT2D eigenvalue weighted by Crippen LogP contribution is -2.41. The van der Waals surface area contributed by atoms with Crippen LogP contribution in [0.15, 0.2) is 22.7 Å². The van der Waals surface area contributed by atoms with Gasteiger partial charge in [0.2, 0.25) is 5.91 Å². The summed E-state index contributed by atoms with van der Waals surface area (Å²) in [5.41, 5.74) is 1.05. The molecule has 1 heterocycles. The van der Waals surface area contributed by atoms with E-state index in [-0.39, 0.29) is 18.3 Å². The molecular formula is C14H20BrClN2O2S. The minimum absolute atomic E-state index is 0. The van der Waals surface area contributed by atoms with Gasteiger partial charge in [0.25, 0.3) is 0 Å². The molecule has 7 heteroatoms. The number of nitrogens with one attached hydrogen (secondary N) is 2. The summed E-state index contributed by atoms with van der Waals surface area (Å²) in [5.74, 6) is 3.04. The Morgan fingerprint density at radius 3 is 3.00 bits per heavy atom. The Bertz CT molecular complexity index is 470. The van der Waals surface area contributed by atoms with Crippen LogP contribution in [0.5, 0.6) is 5.75 Å². The lowest BCUT2D eigenvalue weighted by molar-refractivity contribution is -0.121. The van der Waals surface area contributed by atoms with Gasteiger partial charge in [0.05, 0.1) is 11.6 Å². The molecule has 1 aliphatic rings. The SMILES string of the molecule is COc1ccc(CNC(=O)CC2CSCCN2)cc1Br.Cl. The number of thioether (sulfide) groups is 1. The highest BCUT2D eigenvalue weighted by Gasteiger charge is 2.16. The molecular weight excluding hydrogens is 376 g/mol. The van der Waals surface area contributed by atoms with Gasteiger partial charge in [0.15, 0.2) is 0 Å². The Labute approximate surface area is 144 Å². The van der Waals surface area contributed by atoms with E-state index in [0.717, 1.165) is 33.8 Å². The van der Waals surface area contributed by atoms with Gasteiger partial charge in [0, 0.05) is 37.1 Å². The number of carbonyl (C=O) groups excluding carboxylic acids is 1. The average molecular weight is 396 g/mol. The van der Waals surface area contributed by atoms with Crippen molar-refractivity contribution in [3.05, 3.63) is 28.2 Å². The van der Waals surface area contributed by atoms with Crippen LogP contribution < -0.4 is 15.4 Å². The molecule has 1 atom stereocenters. The molecule has 1 amide bonds. The molecule has 118 valence electrons. The van der Waals surface area contributed by atoms with Crippen molar-refractivity contribution in [2.75, 3.05) is 25.2 Å². The number of hydrogen-bond donors (Lipinski definition) is 2. The first kappa shape index (κ1) is 18.6. The first-order chi connectivity index (χ1) is 9.69. The number of ether oxygens (including phenoxy) is 1. The van der Waals surface area contributed by atoms with Crippen LogP contribution >= 0.6 is 40.1 Å². The molecule has 0 radical (unpaired) electrons. The highest BCUT2D eigenvalue weighted by Crippen LogP contribution is 2.25. The normalized spacial score (nSPS) is 17.7. The summed E-state index contributed by atoms with van der Waals surface area (Å²) in [6.45, 7) is 1.54. The van der Waals surface area contributed by atoms with Gasteiger partial charge in [-0.15, -0.1) is 12.4 Å². The molecule has 0 spiro atoms. The number of benzene rings is 1. The number of methoxy groups -OCH3 is 1. The van der Waals surface area contributed by atoms with Crippen molar-refractivity contribution in [1.29, 1.82) is 0 Å². The van der Waals surface area contributed by atoms with Gasteiger partial charge in [-0.25, -0.2) is 0 Å². The number of carbonyl (C=O) groups is 1. The Morgan fingerprint density at radius 2 is 2.38 bits per heavy atom. The zero-order chi connectivity index (χ0) is 14.4. The van der Waals surface area contributed by atoms with Crippen LogP contribution in [0.4, 0.5) is 0 Å². The predicted octanol–water partition coefficient (Wildman–Crippen LogP) is 2.59. The van der Waals surface area contributed by atoms with Crippen LogP contribution in [-0.2, 0) is 11.3 Å². The minimum atomic E-state index is 0. The molecule has 1 saturated heterocycles. The van der Waals surface area contributed by atoms with E-state index in [1.165, 1.54) is 0 Å². The minimum Gasteiger partial charge on any atom is -0.496 e. The maximum Gasteiger partial charge on any atom is 0.221 e. The van der Waals surface area contributed by atoms with Crippen LogP contribution in [0.2, 0.25) is 0 Å². The second kappa shape index (κ2) is 9.56. The van der Waals surface area contributed by atoms with Crippen molar-refractivity contribution in [3.63, 3.8) is 0 Å². The third-order valence-corrected chi connectivity index (χ3v) is 4.89. The average Bonchev–Trinajstić information content (AvgIpc) is 2.46. The Morgan fingerprint density at radius 1 is 1.57 bits per heavy atom. The number of halogens is 2. The van der Waals surface area contributed by atoms with E-state index in [0.29, 0.717) is 19.0 Å². The first-order valence-corrected chi connectivity index (χ1v) is 8.54. The zero-order valence-corrected chi connectivity index (χ0v) is 15.1. The van der Waals surface area contributed by atoms with Gasteiger partial charge in [-0.3, -0.25) is 4.79 Å². The van der Waals surface area contributed by atoms with E-state index in [1.54, 1.807) is 7.11 Å². The standard InChI is InChI=1S/C14H19BrN2O2S.ClH/c1-19-13-3-2-10(6-12(13)15)8-17-14(18)7-11-9-20-5-4-16-11;/h2-3,6,11,16H,4-5,7-9H2,1H3,(H,17,18);1H. The van der Waals surface area contributed by atoms with E-state index in [9.17, 15) is 4.79 Å². The maximum atomic E-state index is 11.9. The summed E-state index contributed by atoms with van der Waals surface area (Å²) in [6, 6.07) is 6.12. The molecule has 1 fully saturated rings. The summed E-state index contributed by atoms with van der Waals surface area (Å²) >= 11 is 5.35. The molecule has 2 rings (SSSR count). The predicted molar refractivity (Wildman–Crippen MR) is 93.5 cm³/mol. The fraction of sp³-hybridized carbons (Fsp3) is 0.500. The number of rotatable bonds is 5. The van der Waals surface area contributed by atoms with E-state index in [1.807, 2.05) is 30.0 Å². The topological polar surface area (TPSA) is 50.4 Å². The Balaban J connectivity index is 0.00000220. The second-order valence-electron chi connectivity index (χ2n) is 4.68. The Hall–Kier alpha value is -0.430. The third kappa shape index (κ3) is 6.06. The summed E-state index contributed by atoms with van der Waals surface area (Å²) < 4.78 is 6.08. The molecule has 0 saturated carbocycles. The van der Waals surface area contributed by atoms with E-state index < -0.39 is 0 Å². The summed E-state index contributed by atoms with van der Waals surface area (Å²) in [7, 11) is 1.64. The van der Waals surface area contributed by atoms with Crippen molar-refractivity contribution in [1.82, 2.24) is 10.6 Å². The van der Waals surface area contributed by atoms with Crippen LogP contribution in [0, 0.1) is 0 Å². The van der Waals surface area contributed by atoms with Gasteiger partial charge < -0.3 is 15.4 Å². The molecule has 1 aromatic carbocycles. The summed E-state index contributed by atoms with van der Waals surface area (Å²) in [5, 5.41) is 6.33. The van der Waals surface area contributed by atoms with Gasteiger partial charge in [-0.1, -0.05) is 6.07 Å². The molecule has 0 bridgehead atoms. The quantitative estimate of drug-likeness (QED) is 0.804. The van der Waals surface area contributed by atoms with Crippen LogP contribution in [-0.4, -0.2) is 37.1 Å². The summed E-state index contributed by atoms with van der Waals surface area (Å²) in [4.78, 5) is 11.9. The molecule has 0 aliphatic carbocycles. The maximum absolute atomic E-state index is 11.9. The largest absolute Gasteiger partial charge is 0.496 e. The van der Waals surface area contributed by atoms with Crippen molar-refractivity contribution < 1.29 is 9.53 Å². The fourth-order valence-corrected chi connectivity index (χ4v) is 3.60. The molecule has 0 aromatic heterocycles. The molecule has 1 aromatic rings. The van der Waals surface area contributed by atoms with Crippen LogP contribution in [0.25, 0.3) is 0 Å². The molecule has 2 N–H and O–H groups in total. The molecule has 1 unspecified atom stereocenters. The highest BCUT2D eigenvalue weighted by atomic mass is 79.9. The number of amides is 1. The highest BCUT2D eigenvalue weighted by molar-refractivity contribution is 9.10. The van der Waals surface area contributed by atoms with Gasteiger partial charge in [-0.05, 0) is 33.6 Å². The fourth-order valence-electron chi connectivity index (χ4n) is 2.07. The van der Waals surface area contributed by atoms with E-state index >= 15 is 0 Å². The lowest BCUT2D eigenvalue weighted by atomic mass is 10.2. The number of hydrogen-bond acceptors (Lipinski definition) is 4. The zero-order valence-electron chi connectivity index (χ0n) is 11.9. The molecule has 1 aliphatic heterocycles. The van der Waals surface area contributed by atoms with Gasteiger partial charge in [-0.2, -0.15) is 11.8 Å². The van der Waals surface area contributed by atoms with E-state index in [4.69, 9.17) is 4.74 Å². The molecule has 21 heavy (non-hydrogen) atoms. The summed E-state index contributed by atoms with van der Waals surface area (Å²) in [6.07, 6.45) is 0.546. The van der Waals surface area contributed by atoms with Crippen molar-refractivity contribution in [3.8, 4) is 5.75 Å². The monoisotopic (exact) mass is 394 g/mol. The molecule has 4 nitrogen and oxygen atoms in total.